The van der Waals surface area contributed by atoms with Gasteiger partial charge in [-0.15, -0.1) is 0 Å². The second-order valence-corrected chi connectivity index (χ2v) is 28.4. The number of rotatable bonds is 78. The molecule has 0 aromatic heterocycles. The highest BCUT2D eigenvalue weighted by Gasteiger charge is 2.18. The van der Waals surface area contributed by atoms with Gasteiger partial charge in [0.05, 0.1) is 25.4 Å². The zero-order valence-electron chi connectivity index (χ0n) is 61.6. The van der Waals surface area contributed by atoms with Crippen molar-refractivity contribution in [2.24, 2.45) is 0 Å². The van der Waals surface area contributed by atoms with Gasteiger partial charge in [-0.05, 0) is 89.9 Å². The number of esters is 1. The molecular weight excluding hydrogens is 1110 g/mol. The van der Waals surface area contributed by atoms with Crippen LogP contribution >= 0.6 is 0 Å². The molecule has 0 rings (SSSR count). The molecule has 0 aliphatic rings. The van der Waals surface area contributed by atoms with Gasteiger partial charge in [-0.25, -0.2) is 0 Å². The van der Waals surface area contributed by atoms with E-state index < -0.39 is 12.1 Å². The first-order valence-corrected chi connectivity index (χ1v) is 41.4. The van der Waals surface area contributed by atoms with Gasteiger partial charge in [0.1, 0.15) is 0 Å². The fourth-order valence-corrected chi connectivity index (χ4v) is 13.0. The van der Waals surface area contributed by atoms with Gasteiger partial charge in [-0.1, -0.05) is 403 Å². The Hall–Kier alpha value is -2.18. The average molecular weight is 1280 g/mol. The Labute approximate surface area is 569 Å². The molecule has 0 aliphatic heterocycles. The van der Waals surface area contributed by atoms with Gasteiger partial charge < -0.3 is 20.3 Å². The summed E-state index contributed by atoms with van der Waals surface area (Å²) in [7, 11) is 0. The summed E-state index contributed by atoms with van der Waals surface area (Å²) in [6, 6.07) is -0.627. The molecule has 91 heavy (non-hydrogen) atoms. The van der Waals surface area contributed by atoms with Gasteiger partial charge >= 0.3 is 5.97 Å². The van der Waals surface area contributed by atoms with E-state index in [1.54, 1.807) is 6.08 Å². The Balaban J connectivity index is 3.38. The highest BCUT2D eigenvalue weighted by Crippen LogP contribution is 2.20. The molecule has 0 saturated carbocycles. The summed E-state index contributed by atoms with van der Waals surface area (Å²) >= 11 is 0. The SMILES string of the molecule is CCCCCC/C=C\CCCCCCCC(=O)OCCCCCCCCCCCCCCCCC/C=C\C/C=C\CCCCCCCCCCCCCCCCCCCC(=O)NC(CO)C(O)/C=C/CCCCCCCCCCCCCCCCCCCCCC. The van der Waals surface area contributed by atoms with Crippen molar-refractivity contribution in [1.29, 1.82) is 0 Å². The monoisotopic (exact) mass is 1280 g/mol. The van der Waals surface area contributed by atoms with Crippen molar-refractivity contribution < 1.29 is 24.5 Å². The first-order chi connectivity index (χ1) is 45.0. The van der Waals surface area contributed by atoms with Gasteiger partial charge in [0.25, 0.3) is 0 Å². The van der Waals surface area contributed by atoms with Crippen molar-refractivity contribution in [3.05, 3.63) is 48.6 Å². The first-order valence-electron chi connectivity index (χ1n) is 41.4. The average Bonchev–Trinajstić information content (AvgIpc) is 3.70. The molecule has 3 N–H and O–H groups in total. The van der Waals surface area contributed by atoms with E-state index in [1.165, 1.54) is 379 Å². The van der Waals surface area contributed by atoms with E-state index in [-0.39, 0.29) is 18.5 Å². The third-order valence-corrected chi connectivity index (χ3v) is 19.3. The van der Waals surface area contributed by atoms with E-state index in [1.807, 2.05) is 6.08 Å². The number of ether oxygens (including phenoxy) is 1. The zero-order valence-corrected chi connectivity index (χ0v) is 61.6. The lowest BCUT2D eigenvalue weighted by atomic mass is 10.0. The lowest BCUT2D eigenvalue weighted by Crippen LogP contribution is -2.45. The summed E-state index contributed by atoms with van der Waals surface area (Å²) in [4.78, 5) is 24.6. The van der Waals surface area contributed by atoms with E-state index in [0.29, 0.717) is 19.4 Å². The normalized spacial score (nSPS) is 12.7. The number of nitrogens with one attached hydrogen (secondary N) is 1. The minimum Gasteiger partial charge on any atom is -0.466 e. The molecule has 536 valence electrons. The lowest BCUT2D eigenvalue weighted by Gasteiger charge is -2.20. The number of allylic oxidation sites excluding steroid dienone is 7. The van der Waals surface area contributed by atoms with Crippen LogP contribution in [-0.2, 0) is 14.3 Å². The van der Waals surface area contributed by atoms with E-state index in [0.717, 1.165) is 51.4 Å². The topological polar surface area (TPSA) is 95.9 Å². The van der Waals surface area contributed by atoms with Gasteiger partial charge in [-0.2, -0.15) is 0 Å². The van der Waals surface area contributed by atoms with Crippen LogP contribution < -0.4 is 5.32 Å². The second-order valence-electron chi connectivity index (χ2n) is 28.4. The van der Waals surface area contributed by atoms with Crippen LogP contribution in [-0.4, -0.2) is 47.4 Å². The van der Waals surface area contributed by atoms with Crippen LogP contribution in [0.1, 0.15) is 457 Å². The van der Waals surface area contributed by atoms with E-state index in [4.69, 9.17) is 4.74 Å². The Kier molecular flexibility index (Phi) is 78.3. The lowest BCUT2D eigenvalue weighted by molar-refractivity contribution is -0.143. The summed E-state index contributed by atoms with van der Waals surface area (Å²) in [5, 5.41) is 23.3. The molecule has 0 bridgehead atoms. The summed E-state index contributed by atoms with van der Waals surface area (Å²) in [5.41, 5.74) is 0. The summed E-state index contributed by atoms with van der Waals surface area (Å²) < 4.78 is 5.49. The summed E-state index contributed by atoms with van der Waals surface area (Å²) in [6.45, 7) is 4.93. The molecular formula is C85H161NO5. The van der Waals surface area contributed by atoms with Crippen molar-refractivity contribution in [3.63, 3.8) is 0 Å². The van der Waals surface area contributed by atoms with Crippen LogP contribution in [0.15, 0.2) is 48.6 Å². The number of carbonyl (C=O) groups excluding carboxylic acids is 2. The number of unbranched alkanes of at least 4 members (excludes halogenated alkanes) is 61. The predicted molar refractivity (Wildman–Crippen MR) is 402 cm³/mol. The molecule has 6 nitrogen and oxygen atoms in total. The van der Waals surface area contributed by atoms with Crippen molar-refractivity contribution >= 4 is 11.9 Å². The maximum Gasteiger partial charge on any atom is 0.305 e. The van der Waals surface area contributed by atoms with E-state index >= 15 is 0 Å². The molecule has 0 radical (unpaired) electrons. The maximum atomic E-state index is 12.6. The van der Waals surface area contributed by atoms with Crippen LogP contribution in [0.4, 0.5) is 0 Å². The smallest absolute Gasteiger partial charge is 0.305 e. The van der Waals surface area contributed by atoms with Crippen LogP contribution in [0.5, 0.6) is 0 Å². The fraction of sp³-hybridized carbons (Fsp3) is 0.882. The quantitative estimate of drug-likeness (QED) is 0.0320. The van der Waals surface area contributed by atoms with Crippen LogP contribution in [0.25, 0.3) is 0 Å². The molecule has 0 fully saturated rings. The molecule has 0 aliphatic carbocycles. The van der Waals surface area contributed by atoms with Gasteiger partial charge in [0, 0.05) is 12.8 Å². The number of hydrogen-bond donors (Lipinski definition) is 3. The number of aliphatic hydroxyl groups excluding tert-OH is 2. The molecule has 6 heteroatoms. The standard InChI is InChI=1S/C85H161NO5/c1-3-5-7-9-11-13-15-17-18-19-20-21-41-44-47-50-54-57-61-65-69-73-77-83(88)82(81-87)86-84(89)78-74-70-66-62-58-55-51-48-45-42-39-37-35-33-31-29-27-25-23-22-24-26-28-30-32-34-36-38-40-43-46-49-52-56-60-64-68-72-76-80-91-85(90)79-75-71-67-63-59-53-16-14-12-10-8-6-4-2/h14,16,22-23,26,28,73,77,82-83,87-88H,3-13,15,17-21,24-25,27,29-72,74-76,78-81H2,1-2H3,(H,86,89)/b16-14-,23-22-,28-26-,77-73+. The van der Waals surface area contributed by atoms with E-state index in [2.05, 4.69) is 55.6 Å². The van der Waals surface area contributed by atoms with Crippen LogP contribution in [0.3, 0.4) is 0 Å². The first kappa shape index (κ1) is 88.8. The fourth-order valence-electron chi connectivity index (χ4n) is 13.0. The molecule has 0 aromatic carbocycles. The summed E-state index contributed by atoms with van der Waals surface area (Å²) in [6.07, 6.45) is 107. The largest absolute Gasteiger partial charge is 0.466 e. The Morgan fingerprint density at radius 3 is 0.857 bits per heavy atom. The second kappa shape index (κ2) is 80.3. The summed E-state index contributed by atoms with van der Waals surface area (Å²) in [5.74, 6) is -0.0490. The van der Waals surface area contributed by atoms with E-state index in [9.17, 15) is 19.8 Å². The Morgan fingerprint density at radius 2 is 0.549 bits per heavy atom. The highest BCUT2D eigenvalue weighted by molar-refractivity contribution is 5.76. The van der Waals surface area contributed by atoms with Gasteiger partial charge in [0.2, 0.25) is 5.91 Å². The third-order valence-electron chi connectivity index (χ3n) is 19.3. The van der Waals surface area contributed by atoms with Crippen molar-refractivity contribution in [2.75, 3.05) is 13.2 Å². The number of carbonyl (C=O) groups is 2. The number of aliphatic hydroxyl groups is 2. The number of hydrogen-bond acceptors (Lipinski definition) is 5. The third kappa shape index (κ3) is 76.7. The van der Waals surface area contributed by atoms with Gasteiger partial charge in [-0.3, -0.25) is 9.59 Å². The molecule has 0 aromatic rings. The molecule has 1 amide bonds. The maximum absolute atomic E-state index is 12.6. The predicted octanol–water partition coefficient (Wildman–Crippen LogP) is 27.5. The molecule has 2 unspecified atom stereocenters. The Bertz CT molecular complexity index is 1520. The minimum absolute atomic E-state index is 0.0113. The number of amides is 1. The molecule has 2 atom stereocenters. The minimum atomic E-state index is -0.844. The zero-order chi connectivity index (χ0) is 65.6. The molecule has 0 saturated heterocycles. The Morgan fingerprint density at radius 1 is 0.308 bits per heavy atom. The molecule has 0 heterocycles. The molecule has 0 spiro atoms. The van der Waals surface area contributed by atoms with Crippen molar-refractivity contribution in [1.82, 2.24) is 5.32 Å². The van der Waals surface area contributed by atoms with Gasteiger partial charge in [0.15, 0.2) is 0 Å². The highest BCUT2D eigenvalue weighted by atomic mass is 16.5. The van der Waals surface area contributed by atoms with Crippen LogP contribution in [0, 0.1) is 0 Å². The van der Waals surface area contributed by atoms with Crippen molar-refractivity contribution in [3.8, 4) is 0 Å². The van der Waals surface area contributed by atoms with Crippen LogP contribution in [0.2, 0.25) is 0 Å². The van der Waals surface area contributed by atoms with Crippen molar-refractivity contribution in [2.45, 2.75) is 469 Å².